The van der Waals surface area contributed by atoms with Gasteiger partial charge in [-0.15, -0.1) is 0 Å². The molecule has 1 aromatic carbocycles. The molecule has 0 radical (unpaired) electrons. The predicted octanol–water partition coefficient (Wildman–Crippen LogP) is 6.36. The summed E-state index contributed by atoms with van der Waals surface area (Å²) in [5.74, 6) is 0. The number of amides is 1. The maximum absolute atomic E-state index is 12.1. The number of ether oxygens (including phenoxy) is 1. The van der Waals surface area contributed by atoms with Gasteiger partial charge >= 0.3 is 6.09 Å². The molecule has 0 bridgehead atoms. The Hall–Kier alpha value is -0.853. The Morgan fingerprint density at radius 1 is 1.16 bits per heavy atom. The van der Waals surface area contributed by atoms with Crippen LogP contribution in [-0.4, -0.2) is 26.6 Å². The first-order valence-electron chi connectivity index (χ1n) is 8.64. The molecule has 0 aliphatic rings. The van der Waals surface area contributed by atoms with Gasteiger partial charge in [-0.1, -0.05) is 36.7 Å². The molecule has 4 nitrogen and oxygen atoms in total. The second-order valence-electron chi connectivity index (χ2n) is 8.79. The lowest BCUT2D eigenvalue weighted by Gasteiger charge is -2.36. The topological polar surface area (TPSA) is 47.6 Å². The molecule has 0 spiro atoms. The van der Waals surface area contributed by atoms with Crippen LogP contribution in [0.15, 0.2) is 22.7 Å². The molecular weight excluding hydrogens is 398 g/mol. The maximum Gasteiger partial charge on any atom is 0.412 e. The van der Waals surface area contributed by atoms with Gasteiger partial charge in [-0.05, 0) is 69.1 Å². The number of halogens is 1. The number of hydrogen-bond donors (Lipinski definition) is 1. The van der Waals surface area contributed by atoms with Crippen LogP contribution < -0.4 is 5.32 Å². The zero-order valence-electron chi connectivity index (χ0n) is 16.7. The number of rotatable bonds is 5. The van der Waals surface area contributed by atoms with Crippen molar-refractivity contribution in [2.24, 2.45) is 0 Å². The van der Waals surface area contributed by atoms with E-state index >= 15 is 0 Å². The minimum Gasteiger partial charge on any atom is -0.444 e. The third-order valence-electron chi connectivity index (χ3n) is 4.34. The van der Waals surface area contributed by atoms with E-state index in [1.807, 2.05) is 39.0 Å². The van der Waals surface area contributed by atoms with Crippen molar-refractivity contribution in [3.05, 3.63) is 28.2 Å². The molecule has 0 atom stereocenters. The number of nitrogens with one attached hydrogen (secondary N) is 1. The normalized spacial score (nSPS) is 12.8. The highest BCUT2D eigenvalue weighted by molar-refractivity contribution is 9.10. The van der Waals surface area contributed by atoms with Gasteiger partial charge in [-0.2, -0.15) is 0 Å². The van der Waals surface area contributed by atoms with Crippen LogP contribution in [0.4, 0.5) is 10.5 Å². The van der Waals surface area contributed by atoms with Gasteiger partial charge in [0.1, 0.15) is 5.60 Å². The van der Waals surface area contributed by atoms with Gasteiger partial charge in [0.05, 0.1) is 0 Å². The van der Waals surface area contributed by atoms with E-state index in [9.17, 15) is 4.79 Å². The van der Waals surface area contributed by atoms with Gasteiger partial charge in [0.15, 0.2) is 8.32 Å². The summed E-state index contributed by atoms with van der Waals surface area (Å²) in [6, 6.07) is 5.81. The summed E-state index contributed by atoms with van der Waals surface area (Å²) in [5.41, 5.74) is 1.26. The van der Waals surface area contributed by atoms with Gasteiger partial charge < -0.3 is 9.16 Å². The van der Waals surface area contributed by atoms with E-state index in [1.165, 1.54) is 0 Å². The van der Waals surface area contributed by atoms with Crippen LogP contribution in [0.25, 0.3) is 0 Å². The molecule has 1 amide bonds. The van der Waals surface area contributed by atoms with Crippen molar-refractivity contribution in [3.63, 3.8) is 0 Å². The summed E-state index contributed by atoms with van der Waals surface area (Å²) >= 11 is 3.50. The fraction of sp³-hybridized carbons (Fsp3) is 0.632. The van der Waals surface area contributed by atoms with Crippen molar-refractivity contribution in [2.75, 3.05) is 11.9 Å². The molecule has 0 aromatic heterocycles. The van der Waals surface area contributed by atoms with Gasteiger partial charge in [-0.3, -0.25) is 5.32 Å². The Morgan fingerprint density at radius 2 is 1.76 bits per heavy atom. The first kappa shape index (κ1) is 22.2. The number of carbonyl (C=O) groups excluding carboxylic acids is 1. The van der Waals surface area contributed by atoms with E-state index < -0.39 is 20.0 Å². The zero-order valence-corrected chi connectivity index (χ0v) is 19.3. The van der Waals surface area contributed by atoms with Crippen molar-refractivity contribution >= 4 is 36.0 Å². The van der Waals surface area contributed by atoms with E-state index in [1.54, 1.807) is 0 Å². The minimum atomic E-state index is -1.78. The quantitative estimate of drug-likeness (QED) is 0.553. The molecule has 6 heteroatoms. The molecule has 1 N–H and O–H groups in total. The number of benzene rings is 1. The maximum atomic E-state index is 12.1. The second-order valence-corrected chi connectivity index (χ2v) is 14.5. The molecule has 142 valence electrons. The number of carbonyl (C=O) groups is 1. The molecular formula is C19H32BrNO3Si. The third kappa shape index (κ3) is 7.50. The van der Waals surface area contributed by atoms with Crippen LogP contribution in [0.1, 0.15) is 47.1 Å². The van der Waals surface area contributed by atoms with E-state index in [2.05, 4.69) is 55.1 Å². The predicted molar refractivity (Wildman–Crippen MR) is 111 cm³/mol. The molecule has 0 saturated carbocycles. The largest absolute Gasteiger partial charge is 0.444 e. The highest BCUT2D eigenvalue weighted by Gasteiger charge is 2.36. The lowest BCUT2D eigenvalue weighted by molar-refractivity contribution is 0.0635. The average molecular weight is 430 g/mol. The third-order valence-corrected chi connectivity index (χ3v) is 9.37. The van der Waals surface area contributed by atoms with E-state index in [0.717, 1.165) is 22.1 Å². The van der Waals surface area contributed by atoms with Crippen LogP contribution in [0.5, 0.6) is 0 Å². The Kier molecular flexibility index (Phi) is 7.30. The number of anilines is 1. The molecule has 1 rings (SSSR count). The van der Waals surface area contributed by atoms with Crippen molar-refractivity contribution in [1.82, 2.24) is 0 Å². The summed E-state index contributed by atoms with van der Waals surface area (Å²) < 4.78 is 12.6. The summed E-state index contributed by atoms with van der Waals surface area (Å²) in [4.78, 5) is 12.1. The van der Waals surface area contributed by atoms with Crippen LogP contribution in [-0.2, 0) is 15.6 Å². The lowest BCUT2D eigenvalue weighted by Crippen LogP contribution is -2.41. The Morgan fingerprint density at radius 3 is 2.28 bits per heavy atom. The molecule has 0 saturated heterocycles. The summed E-state index contributed by atoms with van der Waals surface area (Å²) in [6.45, 7) is 17.4. The molecule has 0 heterocycles. The Labute approximate surface area is 161 Å². The first-order valence-corrected chi connectivity index (χ1v) is 12.3. The summed E-state index contributed by atoms with van der Waals surface area (Å²) in [6.07, 6.45) is 0.290. The minimum absolute atomic E-state index is 0.182. The van der Waals surface area contributed by atoms with Crippen molar-refractivity contribution in [3.8, 4) is 0 Å². The van der Waals surface area contributed by atoms with E-state index in [-0.39, 0.29) is 5.04 Å². The second kappa shape index (κ2) is 8.23. The standard InChI is InChI=1S/C19H32BrNO3Si/c1-18(2,3)24-17(22)21-16-10-9-15(20)13-14(16)11-12-23-25(7,8)19(4,5)6/h9-10,13H,11-12H2,1-8H3,(H,21,22). The highest BCUT2D eigenvalue weighted by atomic mass is 79.9. The molecule has 0 unspecified atom stereocenters. The van der Waals surface area contributed by atoms with Gasteiger partial charge in [0.25, 0.3) is 0 Å². The fourth-order valence-corrected chi connectivity index (χ4v) is 3.39. The molecule has 25 heavy (non-hydrogen) atoms. The van der Waals surface area contributed by atoms with Crippen molar-refractivity contribution in [1.29, 1.82) is 0 Å². The molecule has 0 aliphatic carbocycles. The smallest absolute Gasteiger partial charge is 0.412 e. The summed E-state index contributed by atoms with van der Waals surface area (Å²) in [7, 11) is -1.78. The van der Waals surface area contributed by atoms with E-state index in [4.69, 9.17) is 9.16 Å². The molecule has 0 aliphatic heterocycles. The van der Waals surface area contributed by atoms with Crippen LogP contribution in [0.3, 0.4) is 0 Å². The molecule has 1 aromatic rings. The van der Waals surface area contributed by atoms with E-state index in [0.29, 0.717) is 6.61 Å². The fourth-order valence-electron chi connectivity index (χ4n) is 1.94. The van der Waals surface area contributed by atoms with Gasteiger partial charge in [0, 0.05) is 16.8 Å². The van der Waals surface area contributed by atoms with Gasteiger partial charge in [-0.25, -0.2) is 4.79 Å². The van der Waals surface area contributed by atoms with Crippen LogP contribution in [0.2, 0.25) is 18.1 Å². The SMILES string of the molecule is CC(C)(C)OC(=O)Nc1ccc(Br)cc1CCO[Si](C)(C)C(C)(C)C. The van der Waals surface area contributed by atoms with Crippen molar-refractivity contribution < 1.29 is 14.0 Å². The molecule has 0 fully saturated rings. The highest BCUT2D eigenvalue weighted by Crippen LogP contribution is 2.36. The Balaban J connectivity index is 2.80. The monoisotopic (exact) mass is 429 g/mol. The van der Waals surface area contributed by atoms with Crippen molar-refractivity contribution in [2.45, 2.75) is 71.7 Å². The lowest BCUT2D eigenvalue weighted by atomic mass is 10.1. The Bertz CT molecular complexity index is 604. The number of hydrogen-bond acceptors (Lipinski definition) is 3. The zero-order chi connectivity index (χ0) is 19.5. The average Bonchev–Trinajstić information content (AvgIpc) is 2.38. The summed E-state index contributed by atoms with van der Waals surface area (Å²) in [5, 5.41) is 3.03. The van der Waals surface area contributed by atoms with Gasteiger partial charge in [0.2, 0.25) is 0 Å². The van der Waals surface area contributed by atoms with Crippen LogP contribution >= 0.6 is 15.9 Å². The van der Waals surface area contributed by atoms with Crippen LogP contribution in [0, 0.1) is 0 Å². The first-order chi connectivity index (χ1) is 11.2.